The number of carbonyl (C=O) groups excluding carboxylic acids is 1. The molecular weight excluding hydrogens is 100 g/mol. The molecule has 40 valence electrons. The van der Waals surface area contributed by atoms with Crippen molar-refractivity contribution < 1.29 is 4.79 Å². The van der Waals surface area contributed by atoms with Gasteiger partial charge in [-0.3, -0.25) is 4.79 Å². The summed E-state index contributed by atoms with van der Waals surface area (Å²) in [7, 11) is 0. The summed E-state index contributed by atoms with van der Waals surface area (Å²) in [5.74, 6) is 2.28. The quantitative estimate of drug-likeness (QED) is 0.221. The monoisotopic (exact) mass is 106 g/mol. The van der Waals surface area contributed by atoms with Gasteiger partial charge in [0.25, 0.3) is 0 Å². The molecule has 0 unspecified atom stereocenters. The standard InChI is InChI=1S/C7H6O/c1-2-3-4-5-6-7-8/h1,3-7H/b4-3+,6-5+. The van der Waals surface area contributed by atoms with Gasteiger partial charge in [0.1, 0.15) is 6.29 Å². The van der Waals surface area contributed by atoms with Crippen LogP contribution in [0.2, 0.25) is 0 Å². The maximum atomic E-state index is 9.60. The van der Waals surface area contributed by atoms with Crippen molar-refractivity contribution in [3.8, 4) is 12.3 Å². The summed E-state index contributed by atoms with van der Waals surface area (Å²) in [5.41, 5.74) is 0. The number of hydrogen-bond acceptors (Lipinski definition) is 1. The Morgan fingerprint density at radius 3 is 2.50 bits per heavy atom. The lowest BCUT2D eigenvalue weighted by Gasteiger charge is -1.63. The first-order valence-corrected chi connectivity index (χ1v) is 2.15. The molecule has 0 aromatic heterocycles. The first kappa shape index (κ1) is 6.71. The lowest BCUT2D eigenvalue weighted by molar-refractivity contribution is -0.104. The van der Waals surface area contributed by atoms with E-state index in [4.69, 9.17) is 6.42 Å². The SMILES string of the molecule is C#C/C=C/C=C/C=O. The molecule has 0 atom stereocenters. The zero-order valence-corrected chi connectivity index (χ0v) is 4.37. The number of allylic oxidation sites excluding steroid dienone is 4. The summed E-state index contributed by atoms with van der Waals surface area (Å²) >= 11 is 0. The smallest absolute Gasteiger partial charge is 0.142 e. The molecule has 0 fully saturated rings. The molecule has 0 aliphatic carbocycles. The topological polar surface area (TPSA) is 17.1 Å². The average molecular weight is 106 g/mol. The second-order valence-corrected chi connectivity index (χ2v) is 1.05. The van der Waals surface area contributed by atoms with E-state index >= 15 is 0 Å². The molecular formula is C7H6O. The molecule has 0 saturated carbocycles. The van der Waals surface area contributed by atoms with Crippen molar-refractivity contribution in [1.82, 2.24) is 0 Å². The number of rotatable bonds is 2. The van der Waals surface area contributed by atoms with Crippen LogP contribution in [0.4, 0.5) is 0 Å². The molecule has 0 rings (SSSR count). The molecule has 0 saturated heterocycles. The van der Waals surface area contributed by atoms with Crippen LogP contribution in [-0.4, -0.2) is 6.29 Å². The molecule has 0 radical (unpaired) electrons. The van der Waals surface area contributed by atoms with E-state index in [-0.39, 0.29) is 0 Å². The molecule has 0 aromatic rings. The fraction of sp³-hybridized carbons (Fsp3) is 0. The van der Waals surface area contributed by atoms with Crippen LogP contribution in [0, 0.1) is 12.3 Å². The summed E-state index contributed by atoms with van der Waals surface area (Å²) < 4.78 is 0. The zero-order valence-electron chi connectivity index (χ0n) is 4.37. The summed E-state index contributed by atoms with van der Waals surface area (Å²) in [4.78, 5) is 9.60. The third-order valence-corrected chi connectivity index (χ3v) is 0.493. The normalized spacial score (nSPS) is 9.88. The van der Waals surface area contributed by atoms with Gasteiger partial charge in [0.15, 0.2) is 0 Å². The number of terminal acetylenes is 1. The summed E-state index contributed by atoms with van der Waals surface area (Å²) in [6.07, 6.45) is 11.6. The molecule has 0 aliphatic rings. The molecule has 0 bridgehead atoms. The van der Waals surface area contributed by atoms with Gasteiger partial charge in [0, 0.05) is 0 Å². The Bertz CT molecular complexity index is 146. The Kier molecular flexibility index (Phi) is 4.79. The predicted molar refractivity (Wildman–Crippen MR) is 33.2 cm³/mol. The zero-order chi connectivity index (χ0) is 6.24. The Labute approximate surface area is 48.7 Å². The Balaban J connectivity index is 3.46. The summed E-state index contributed by atoms with van der Waals surface area (Å²) in [6.45, 7) is 0. The van der Waals surface area contributed by atoms with Gasteiger partial charge in [0.2, 0.25) is 0 Å². The van der Waals surface area contributed by atoms with Crippen molar-refractivity contribution in [3.63, 3.8) is 0 Å². The Hall–Kier alpha value is -1.29. The van der Waals surface area contributed by atoms with Crippen molar-refractivity contribution >= 4 is 6.29 Å². The van der Waals surface area contributed by atoms with E-state index in [2.05, 4.69) is 5.92 Å². The molecule has 0 aliphatic heterocycles. The highest BCUT2D eigenvalue weighted by Crippen LogP contribution is 1.70. The fourth-order valence-corrected chi connectivity index (χ4v) is 0.221. The first-order chi connectivity index (χ1) is 3.91. The molecule has 0 amide bonds. The van der Waals surface area contributed by atoms with Gasteiger partial charge in [-0.05, 0) is 12.2 Å². The number of hydrogen-bond donors (Lipinski definition) is 0. The van der Waals surface area contributed by atoms with E-state index in [0.29, 0.717) is 6.29 Å². The highest BCUT2D eigenvalue weighted by atomic mass is 16.1. The highest BCUT2D eigenvalue weighted by molar-refractivity contribution is 5.65. The van der Waals surface area contributed by atoms with Gasteiger partial charge >= 0.3 is 0 Å². The highest BCUT2D eigenvalue weighted by Gasteiger charge is 1.57. The second kappa shape index (κ2) is 5.71. The van der Waals surface area contributed by atoms with Gasteiger partial charge < -0.3 is 0 Å². The van der Waals surface area contributed by atoms with E-state index in [1.165, 1.54) is 12.2 Å². The van der Waals surface area contributed by atoms with Gasteiger partial charge in [-0.2, -0.15) is 0 Å². The van der Waals surface area contributed by atoms with Crippen LogP contribution in [0.1, 0.15) is 0 Å². The van der Waals surface area contributed by atoms with E-state index < -0.39 is 0 Å². The van der Waals surface area contributed by atoms with Gasteiger partial charge in [0.05, 0.1) is 0 Å². The van der Waals surface area contributed by atoms with E-state index in [0.717, 1.165) is 0 Å². The van der Waals surface area contributed by atoms with Crippen molar-refractivity contribution in [2.24, 2.45) is 0 Å². The molecule has 1 heteroatoms. The van der Waals surface area contributed by atoms with Crippen LogP contribution in [-0.2, 0) is 4.79 Å². The van der Waals surface area contributed by atoms with Gasteiger partial charge in [-0.15, -0.1) is 6.42 Å². The first-order valence-electron chi connectivity index (χ1n) is 2.15. The predicted octanol–water partition coefficient (Wildman–Crippen LogP) is 0.931. The van der Waals surface area contributed by atoms with Crippen LogP contribution in [0.25, 0.3) is 0 Å². The van der Waals surface area contributed by atoms with Crippen molar-refractivity contribution in [3.05, 3.63) is 24.3 Å². The van der Waals surface area contributed by atoms with Gasteiger partial charge in [-0.25, -0.2) is 0 Å². The summed E-state index contributed by atoms with van der Waals surface area (Å²) in [6, 6.07) is 0. The molecule has 1 nitrogen and oxygen atoms in total. The summed E-state index contributed by atoms with van der Waals surface area (Å²) in [5, 5.41) is 0. The van der Waals surface area contributed by atoms with E-state index in [9.17, 15) is 4.79 Å². The third kappa shape index (κ3) is 4.71. The fourth-order valence-electron chi connectivity index (χ4n) is 0.221. The number of aldehydes is 1. The van der Waals surface area contributed by atoms with E-state index in [1.54, 1.807) is 12.2 Å². The van der Waals surface area contributed by atoms with Crippen LogP contribution in [0.15, 0.2) is 24.3 Å². The van der Waals surface area contributed by atoms with Crippen molar-refractivity contribution in [2.75, 3.05) is 0 Å². The largest absolute Gasteiger partial charge is 0.299 e. The maximum Gasteiger partial charge on any atom is 0.142 e. The van der Waals surface area contributed by atoms with Gasteiger partial charge in [-0.1, -0.05) is 18.1 Å². The lowest BCUT2D eigenvalue weighted by atomic mass is 10.4. The molecule has 8 heavy (non-hydrogen) atoms. The molecule has 0 spiro atoms. The van der Waals surface area contributed by atoms with Crippen molar-refractivity contribution in [2.45, 2.75) is 0 Å². The average Bonchev–Trinajstić information content (AvgIpc) is 1.81. The molecule has 0 aromatic carbocycles. The molecule has 0 N–H and O–H groups in total. The second-order valence-electron chi connectivity index (χ2n) is 1.05. The lowest BCUT2D eigenvalue weighted by Crippen LogP contribution is -1.54. The van der Waals surface area contributed by atoms with Crippen LogP contribution < -0.4 is 0 Å². The van der Waals surface area contributed by atoms with Crippen LogP contribution in [0.3, 0.4) is 0 Å². The van der Waals surface area contributed by atoms with Crippen LogP contribution >= 0.6 is 0 Å². The molecule has 0 heterocycles. The van der Waals surface area contributed by atoms with Crippen molar-refractivity contribution in [1.29, 1.82) is 0 Å². The minimum atomic E-state index is 0.695. The number of carbonyl (C=O) groups is 1. The maximum absolute atomic E-state index is 9.60. The Morgan fingerprint density at radius 2 is 2.00 bits per heavy atom. The Morgan fingerprint density at radius 1 is 1.25 bits per heavy atom. The third-order valence-electron chi connectivity index (χ3n) is 0.493. The minimum Gasteiger partial charge on any atom is -0.299 e. The van der Waals surface area contributed by atoms with E-state index in [1.807, 2.05) is 0 Å². The van der Waals surface area contributed by atoms with Crippen LogP contribution in [0.5, 0.6) is 0 Å². The minimum absolute atomic E-state index is 0.695.